The molecule has 2 aromatic rings. The highest BCUT2D eigenvalue weighted by Gasteiger charge is 2.38. The normalized spacial score (nSPS) is 19.2. The van der Waals surface area contributed by atoms with Crippen LogP contribution in [0.2, 0.25) is 0 Å². The van der Waals surface area contributed by atoms with E-state index in [0.717, 1.165) is 10.6 Å². The van der Waals surface area contributed by atoms with Gasteiger partial charge in [0.2, 0.25) is 0 Å². The van der Waals surface area contributed by atoms with Crippen LogP contribution in [0.25, 0.3) is 0 Å². The van der Waals surface area contributed by atoms with Gasteiger partial charge < -0.3 is 9.64 Å². The molecule has 2 amide bonds. The predicted octanol–water partition coefficient (Wildman–Crippen LogP) is 5.71. The number of amides is 2. The summed E-state index contributed by atoms with van der Waals surface area (Å²) in [7, 11) is 2.82. The molecular weight excluding hydrogens is 466 g/mol. The molecule has 0 saturated carbocycles. The second kappa shape index (κ2) is 10.2. The molecule has 0 aromatic heterocycles. The molecule has 2 unspecified atom stereocenters. The van der Waals surface area contributed by atoms with Crippen molar-refractivity contribution in [2.75, 3.05) is 27.2 Å². The van der Waals surface area contributed by atoms with Gasteiger partial charge in [0.15, 0.2) is 0 Å². The molecule has 1 aliphatic rings. The lowest BCUT2D eigenvalue weighted by molar-refractivity contribution is -0.143. The average molecular weight is 490 g/mol. The van der Waals surface area contributed by atoms with Gasteiger partial charge in [0, 0.05) is 26.1 Å². The standard InChI is InChI=1S/C23H24F6N2O3/c1-30(33-2)21(32)31-9-8-20(19(13-31)16-6-4-3-5-7-16)34-14-15-10-17(22(24,25)26)12-18(11-15)23(27,28)29/h3-7,10-12,19-20H,8-9,13-14H2,1-2H3. The summed E-state index contributed by atoms with van der Waals surface area (Å²) in [6.45, 7) is 0.0987. The Balaban J connectivity index is 1.83. The molecule has 1 saturated heterocycles. The number of hydrogen-bond donors (Lipinski definition) is 0. The lowest BCUT2D eigenvalue weighted by Crippen LogP contribution is -2.49. The van der Waals surface area contributed by atoms with Crippen LogP contribution in [-0.2, 0) is 28.5 Å². The molecule has 5 nitrogen and oxygen atoms in total. The summed E-state index contributed by atoms with van der Waals surface area (Å²) < 4.78 is 84.9. The van der Waals surface area contributed by atoms with Crippen LogP contribution in [0.15, 0.2) is 48.5 Å². The van der Waals surface area contributed by atoms with Crippen molar-refractivity contribution in [1.82, 2.24) is 9.96 Å². The first-order valence-electron chi connectivity index (χ1n) is 10.4. The van der Waals surface area contributed by atoms with Crippen molar-refractivity contribution in [2.24, 2.45) is 0 Å². The van der Waals surface area contributed by atoms with E-state index in [1.165, 1.54) is 14.2 Å². The zero-order valence-corrected chi connectivity index (χ0v) is 18.5. The van der Waals surface area contributed by atoms with Crippen LogP contribution in [0.3, 0.4) is 0 Å². The van der Waals surface area contributed by atoms with Gasteiger partial charge in [0.25, 0.3) is 0 Å². The summed E-state index contributed by atoms with van der Waals surface area (Å²) in [5.41, 5.74) is -2.16. The van der Waals surface area contributed by atoms with Gasteiger partial charge in [-0.3, -0.25) is 4.84 Å². The highest BCUT2D eigenvalue weighted by atomic mass is 19.4. The van der Waals surface area contributed by atoms with Gasteiger partial charge in [-0.05, 0) is 35.7 Å². The third kappa shape index (κ3) is 6.20. The minimum Gasteiger partial charge on any atom is -0.373 e. The van der Waals surface area contributed by atoms with E-state index in [2.05, 4.69) is 0 Å². The zero-order chi connectivity index (χ0) is 25.1. The Morgan fingerprint density at radius 1 is 1.03 bits per heavy atom. The molecule has 3 rings (SSSR count). The van der Waals surface area contributed by atoms with Gasteiger partial charge in [0.1, 0.15) is 0 Å². The van der Waals surface area contributed by atoms with Crippen LogP contribution in [-0.4, -0.2) is 49.3 Å². The molecule has 1 fully saturated rings. The number of hydrogen-bond acceptors (Lipinski definition) is 3. The summed E-state index contributed by atoms with van der Waals surface area (Å²) in [5, 5.41) is 1.07. The maximum Gasteiger partial charge on any atom is 0.416 e. The molecule has 0 N–H and O–H groups in total. The van der Waals surface area contributed by atoms with E-state index < -0.39 is 36.2 Å². The van der Waals surface area contributed by atoms with Crippen molar-refractivity contribution in [2.45, 2.75) is 37.4 Å². The summed E-state index contributed by atoms with van der Waals surface area (Å²) >= 11 is 0. The molecule has 2 atom stereocenters. The van der Waals surface area contributed by atoms with Crippen molar-refractivity contribution in [1.29, 1.82) is 0 Å². The first kappa shape index (κ1) is 25.8. The van der Waals surface area contributed by atoms with Crippen LogP contribution >= 0.6 is 0 Å². The number of piperidine rings is 1. The molecule has 0 spiro atoms. The number of ether oxygens (including phenoxy) is 1. The number of rotatable bonds is 5. The molecule has 1 aliphatic heterocycles. The topological polar surface area (TPSA) is 42.0 Å². The molecule has 11 heteroatoms. The van der Waals surface area contributed by atoms with Crippen LogP contribution in [0.4, 0.5) is 31.1 Å². The van der Waals surface area contributed by atoms with Gasteiger partial charge in [-0.1, -0.05) is 30.3 Å². The number of carbonyl (C=O) groups is 1. The number of benzene rings is 2. The summed E-state index contributed by atoms with van der Waals surface area (Å²) in [6.07, 6.45) is -10.0. The van der Waals surface area contributed by atoms with Crippen molar-refractivity contribution in [3.05, 3.63) is 70.8 Å². The average Bonchev–Trinajstić information content (AvgIpc) is 2.81. The first-order chi connectivity index (χ1) is 15.9. The smallest absolute Gasteiger partial charge is 0.373 e. The van der Waals surface area contributed by atoms with Gasteiger partial charge in [0.05, 0.1) is 30.9 Å². The fourth-order valence-corrected chi connectivity index (χ4v) is 3.91. The second-order valence-corrected chi connectivity index (χ2v) is 7.98. The Labute approximate surface area is 192 Å². The zero-order valence-electron chi connectivity index (χ0n) is 18.5. The minimum atomic E-state index is -4.93. The van der Waals surface area contributed by atoms with Gasteiger partial charge in [-0.15, -0.1) is 0 Å². The van der Waals surface area contributed by atoms with E-state index in [0.29, 0.717) is 18.6 Å². The van der Waals surface area contributed by atoms with Crippen LogP contribution in [0.1, 0.15) is 34.6 Å². The summed E-state index contributed by atoms with van der Waals surface area (Å²) in [6, 6.07) is 10.1. The molecule has 1 heterocycles. The van der Waals surface area contributed by atoms with E-state index in [1.54, 1.807) is 17.0 Å². The van der Waals surface area contributed by atoms with Crippen molar-refractivity contribution >= 4 is 6.03 Å². The lowest BCUT2D eigenvalue weighted by atomic mass is 9.88. The van der Waals surface area contributed by atoms with Gasteiger partial charge >= 0.3 is 18.4 Å². The maximum absolute atomic E-state index is 13.2. The minimum absolute atomic E-state index is 0.0900. The number of likely N-dealkylation sites (tertiary alicyclic amines) is 1. The summed E-state index contributed by atoms with van der Waals surface area (Å²) in [5.74, 6) is -0.336. The molecule has 0 bridgehead atoms. The van der Waals surface area contributed by atoms with Crippen molar-refractivity contribution in [3.8, 4) is 0 Å². The van der Waals surface area contributed by atoms with Gasteiger partial charge in [-0.25, -0.2) is 9.86 Å². The number of nitrogens with zero attached hydrogens (tertiary/aromatic N) is 2. The van der Waals surface area contributed by atoms with Crippen LogP contribution in [0.5, 0.6) is 0 Å². The number of halogens is 6. The van der Waals surface area contributed by atoms with E-state index in [1.807, 2.05) is 18.2 Å². The fraction of sp³-hybridized carbons (Fsp3) is 0.435. The predicted molar refractivity (Wildman–Crippen MR) is 111 cm³/mol. The van der Waals surface area contributed by atoms with Gasteiger partial charge in [-0.2, -0.15) is 26.3 Å². The van der Waals surface area contributed by atoms with Crippen molar-refractivity contribution in [3.63, 3.8) is 0 Å². The highest BCUT2D eigenvalue weighted by Crippen LogP contribution is 2.37. The molecule has 2 aromatic carbocycles. The Kier molecular flexibility index (Phi) is 7.77. The van der Waals surface area contributed by atoms with Crippen LogP contribution < -0.4 is 0 Å². The first-order valence-corrected chi connectivity index (χ1v) is 10.4. The molecular formula is C23H24F6N2O3. The third-order valence-electron chi connectivity index (χ3n) is 5.70. The maximum atomic E-state index is 13.2. The Morgan fingerprint density at radius 3 is 2.15 bits per heavy atom. The second-order valence-electron chi connectivity index (χ2n) is 7.98. The Hall–Kier alpha value is -2.79. The summed E-state index contributed by atoms with van der Waals surface area (Å²) in [4.78, 5) is 19.0. The number of urea groups is 1. The molecule has 34 heavy (non-hydrogen) atoms. The number of alkyl halides is 6. The molecule has 186 valence electrons. The highest BCUT2D eigenvalue weighted by molar-refractivity contribution is 5.73. The molecule has 0 radical (unpaired) electrons. The van der Waals surface area contributed by atoms with Crippen LogP contribution in [0, 0.1) is 0 Å². The van der Waals surface area contributed by atoms with Crippen molar-refractivity contribution < 1.29 is 40.7 Å². The quantitative estimate of drug-likeness (QED) is 0.398. The fourth-order valence-electron chi connectivity index (χ4n) is 3.91. The largest absolute Gasteiger partial charge is 0.416 e. The van der Waals surface area contributed by atoms with E-state index >= 15 is 0 Å². The number of hydroxylamine groups is 2. The van der Waals surface area contributed by atoms with E-state index in [-0.39, 0.29) is 36.7 Å². The Bertz CT molecular complexity index is 949. The monoisotopic (exact) mass is 490 g/mol. The SMILES string of the molecule is CON(C)C(=O)N1CCC(OCc2cc(C(F)(F)F)cc(C(F)(F)F)c2)C(c2ccccc2)C1. The lowest BCUT2D eigenvalue weighted by Gasteiger charge is -2.39. The van der Waals surface area contributed by atoms with E-state index in [4.69, 9.17) is 9.57 Å². The third-order valence-corrected chi connectivity index (χ3v) is 5.70. The number of carbonyl (C=O) groups excluding carboxylic acids is 1. The molecule has 0 aliphatic carbocycles. The van der Waals surface area contributed by atoms with E-state index in [9.17, 15) is 31.1 Å². The Morgan fingerprint density at radius 2 is 1.62 bits per heavy atom.